The molecule has 4 aliphatic carbocycles. The zero-order chi connectivity index (χ0) is 27.3. The van der Waals surface area contributed by atoms with E-state index >= 15 is 0 Å². The van der Waals surface area contributed by atoms with Gasteiger partial charge in [0.15, 0.2) is 0 Å². The molecular weight excluding hydrogens is 470 g/mol. The fraction of sp³-hybridized carbons (Fsp3) is 0.853. The van der Waals surface area contributed by atoms with E-state index in [2.05, 4.69) is 37.7 Å². The molecule has 4 fully saturated rings. The van der Waals surface area contributed by atoms with Gasteiger partial charge in [-0.1, -0.05) is 44.8 Å². The molecule has 0 aromatic carbocycles. The number of ether oxygens (including phenoxy) is 1. The summed E-state index contributed by atoms with van der Waals surface area (Å²) in [6, 6.07) is 0. The van der Waals surface area contributed by atoms with Crippen LogP contribution in [-0.2, 0) is 9.53 Å². The van der Waals surface area contributed by atoms with Crippen LogP contribution in [0.1, 0.15) is 112 Å². The summed E-state index contributed by atoms with van der Waals surface area (Å²) >= 11 is 0. The number of fused-ring (bicyclic) bond motifs is 5. The molecule has 1 unspecified atom stereocenters. The first kappa shape index (κ1) is 28.2. The fourth-order valence-corrected chi connectivity index (χ4v) is 10.2. The molecule has 1 saturated heterocycles. The highest BCUT2D eigenvalue weighted by Crippen LogP contribution is 2.67. The largest absolute Gasteiger partial charge is 0.393 e. The average Bonchev–Trinajstić information content (AvgIpc) is 3.24. The van der Waals surface area contributed by atoms with Gasteiger partial charge < -0.3 is 14.7 Å². The molecule has 1 amide bonds. The van der Waals surface area contributed by atoms with Gasteiger partial charge in [0.1, 0.15) is 5.60 Å². The molecule has 3 saturated carbocycles. The Morgan fingerprint density at radius 1 is 1.13 bits per heavy atom. The number of piperidine rings is 1. The zero-order valence-electron chi connectivity index (χ0n) is 24.8. The summed E-state index contributed by atoms with van der Waals surface area (Å²) in [5, 5.41) is 10.3. The van der Waals surface area contributed by atoms with Crippen molar-refractivity contribution >= 4 is 5.91 Å². The number of allylic oxidation sites excluding steroid dienone is 1. The number of carbonyl (C=O) groups is 1. The van der Waals surface area contributed by atoms with Crippen LogP contribution < -0.4 is 0 Å². The highest BCUT2D eigenvalue weighted by atomic mass is 16.5. The Morgan fingerprint density at radius 2 is 1.87 bits per heavy atom. The number of aliphatic hydroxyl groups excluding tert-OH is 1. The number of hydrogen-bond donors (Lipinski definition) is 1. The van der Waals surface area contributed by atoms with Crippen LogP contribution in [0.4, 0.5) is 0 Å². The molecule has 212 valence electrons. The topological polar surface area (TPSA) is 49.8 Å². The summed E-state index contributed by atoms with van der Waals surface area (Å²) < 4.78 is 6.16. The Morgan fingerprint density at radius 3 is 2.53 bits per heavy atom. The molecule has 4 heteroatoms. The predicted molar refractivity (Wildman–Crippen MR) is 153 cm³/mol. The van der Waals surface area contributed by atoms with Crippen LogP contribution >= 0.6 is 0 Å². The van der Waals surface area contributed by atoms with Crippen LogP contribution in [0.3, 0.4) is 0 Å². The van der Waals surface area contributed by atoms with E-state index in [9.17, 15) is 9.90 Å². The van der Waals surface area contributed by atoms with Gasteiger partial charge in [-0.2, -0.15) is 0 Å². The lowest BCUT2D eigenvalue weighted by atomic mass is 9.47. The highest BCUT2D eigenvalue weighted by molar-refractivity contribution is 5.79. The van der Waals surface area contributed by atoms with Gasteiger partial charge in [0.25, 0.3) is 0 Å². The molecule has 1 heterocycles. The summed E-state index contributed by atoms with van der Waals surface area (Å²) in [6.07, 6.45) is 21.1. The van der Waals surface area contributed by atoms with E-state index in [1.807, 2.05) is 13.8 Å². The first-order valence-electron chi connectivity index (χ1n) is 15.9. The third kappa shape index (κ3) is 4.68. The zero-order valence-corrected chi connectivity index (χ0v) is 24.8. The number of nitrogens with zero attached hydrogens (tertiary/aromatic N) is 1. The summed E-state index contributed by atoms with van der Waals surface area (Å²) in [5.41, 5.74) is 1.55. The molecule has 0 spiro atoms. The third-order valence-corrected chi connectivity index (χ3v) is 12.2. The minimum Gasteiger partial charge on any atom is -0.393 e. The Balaban J connectivity index is 1.32. The third-order valence-electron chi connectivity index (χ3n) is 12.2. The lowest BCUT2D eigenvalue weighted by molar-refractivity contribution is -0.146. The van der Waals surface area contributed by atoms with Gasteiger partial charge in [-0.05, 0) is 106 Å². The van der Waals surface area contributed by atoms with Crippen molar-refractivity contribution in [1.29, 1.82) is 0 Å². The van der Waals surface area contributed by atoms with E-state index in [0.29, 0.717) is 24.9 Å². The fourth-order valence-electron chi connectivity index (χ4n) is 10.2. The van der Waals surface area contributed by atoms with Crippen molar-refractivity contribution < 1.29 is 14.6 Å². The van der Waals surface area contributed by atoms with Gasteiger partial charge >= 0.3 is 0 Å². The van der Waals surface area contributed by atoms with Crippen LogP contribution in [0.25, 0.3) is 0 Å². The second-order valence-electron chi connectivity index (χ2n) is 14.4. The molecule has 5 rings (SSSR count). The van der Waals surface area contributed by atoms with E-state index < -0.39 is 5.60 Å². The molecular formula is C34H53NO3. The number of terminal acetylenes is 1. The van der Waals surface area contributed by atoms with Gasteiger partial charge in [-0.3, -0.25) is 4.79 Å². The summed E-state index contributed by atoms with van der Waals surface area (Å²) in [7, 11) is 0. The molecule has 8 atom stereocenters. The van der Waals surface area contributed by atoms with Crippen LogP contribution in [0.5, 0.6) is 0 Å². The van der Waals surface area contributed by atoms with Crippen molar-refractivity contribution in [1.82, 2.24) is 4.90 Å². The van der Waals surface area contributed by atoms with E-state index in [1.165, 1.54) is 32.1 Å². The number of hydrogen-bond acceptors (Lipinski definition) is 3. The van der Waals surface area contributed by atoms with Crippen molar-refractivity contribution in [3.05, 3.63) is 11.6 Å². The Bertz CT molecular complexity index is 955. The quantitative estimate of drug-likeness (QED) is 0.309. The Hall–Kier alpha value is -1.31. The number of carbonyl (C=O) groups excluding carboxylic acids is 1. The number of amides is 1. The molecule has 0 radical (unpaired) electrons. The number of aliphatic hydroxyl groups is 1. The van der Waals surface area contributed by atoms with Crippen molar-refractivity contribution in [3.8, 4) is 12.3 Å². The molecule has 38 heavy (non-hydrogen) atoms. The van der Waals surface area contributed by atoms with Crippen molar-refractivity contribution in [3.63, 3.8) is 0 Å². The summed E-state index contributed by atoms with van der Waals surface area (Å²) in [4.78, 5) is 16.3. The molecule has 0 aromatic heterocycles. The smallest absolute Gasteiger partial charge is 0.225 e. The van der Waals surface area contributed by atoms with Gasteiger partial charge in [0, 0.05) is 31.8 Å². The van der Waals surface area contributed by atoms with Gasteiger partial charge in [-0.15, -0.1) is 6.42 Å². The van der Waals surface area contributed by atoms with E-state index in [0.717, 1.165) is 62.7 Å². The van der Waals surface area contributed by atoms with Crippen molar-refractivity contribution in [2.45, 2.75) is 129 Å². The minimum atomic E-state index is -0.521. The molecule has 1 N–H and O–H groups in total. The van der Waals surface area contributed by atoms with E-state index in [-0.39, 0.29) is 29.0 Å². The van der Waals surface area contributed by atoms with Gasteiger partial charge in [0.05, 0.1) is 12.2 Å². The van der Waals surface area contributed by atoms with E-state index in [4.69, 9.17) is 11.2 Å². The van der Waals surface area contributed by atoms with Crippen LogP contribution in [0.2, 0.25) is 0 Å². The second-order valence-corrected chi connectivity index (χ2v) is 14.4. The molecule has 4 nitrogen and oxygen atoms in total. The summed E-state index contributed by atoms with van der Waals surface area (Å²) in [6.45, 7) is 12.8. The van der Waals surface area contributed by atoms with Crippen LogP contribution in [-0.4, -0.2) is 46.8 Å². The molecule has 0 aromatic rings. The maximum atomic E-state index is 14.2. The maximum absolute atomic E-state index is 14.2. The first-order valence-corrected chi connectivity index (χ1v) is 15.9. The second kappa shape index (κ2) is 10.6. The molecule has 5 aliphatic rings. The van der Waals surface area contributed by atoms with Gasteiger partial charge in [-0.25, -0.2) is 0 Å². The van der Waals surface area contributed by atoms with Crippen LogP contribution in [0.15, 0.2) is 11.6 Å². The normalized spacial score (nSPS) is 40.9. The standard InChI is InChI=1S/C34H53NO3/c1-7-9-27(31(37)35-20-18-34(8-2,19-21-35)38-23(3)4)29-13-12-28-26-11-10-24-22-25(36)14-16-32(24,5)30(26)15-17-33(28,29)6/h2,10,23,25-30,36H,7,9,11-22H2,1,3-6H3/t25-,26-,27?,28-,29+,30-,32-,33+/m0/s1. The first-order chi connectivity index (χ1) is 18.1. The lowest BCUT2D eigenvalue weighted by Gasteiger charge is -2.58. The Labute approximate surface area is 232 Å². The molecule has 0 bridgehead atoms. The highest BCUT2D eigenvalue weighted by Gasteiger charge is 2.60. The van der Waals surface area contributed by atoms with E-state index in [1.54, 1.807) is 5.57 Å². The maximum Gasteiger partial charge on any atom is 0.225 e. The summed E-state index contributed by atoms with van der Waals surface area (Å²) in [5.74, 6) is 6.13. The van der Waals surface area contributed by atoms with Crippen molar-refractivity contribution in [2.75, 3.05) is 13.1 Å². The monoisotopic (exact) mass is 523 g/mol. The minimum absolute atomic E-state index is 0.0956. The number of rotatable bonds is 6. The predicted octanol–water partition coefficient (Wildman–Crippen LogP) is 6.76. The Kier molecular flexibility index (Phi) is 7.86. The average molecular weight is 524 g/mol. The lowest BCUT2D eigenvalue weighted by Crippen LogP contribution is -2.53. The van der Waals surface area contributed by atoms with Gasteiger partial charge in [0.2, 0.25) is 5.91 Å². The SMILES string of the molecule is C#CC1(OC(C)C)CCN(C(=O)C(CCC)[C@H]2CC[C@H]3[C@@H]4CC=C5C[C@@H](O)CC[C@]5(C)[C@H]4CC[C@@]23C)CC1. The van der Waals surface area contributed by atoms with Crippen LogP contribution in [0, 0.1) is 52.8 Å². The van der Waals surface area contributed by atoms with Crippen molar-refractivity contribution in [2.24, 2.45) is 40.4 Å². The number of likely N-dealkylation sites (tertiary alicyclic amines) is 1. The molecule has 1 aliphatic heterocycles.